The molecule has 2 aromatic heterocycles. The van der Waals surface area contributed by atoms with E-state index in [1.807, 2.05) is 0 Å². The van der Waals surface area contributed by atoms with Crippen molar-refractivity contribution in [2.75, 3.05) is 0 Å². The van der Waals surface area contributed by atoms with E-state index in [0.29, 0.717) is 11.6 Å². The van der Waals surface area contributed by atoms with Gasteiger partial charge in [-0.05, 0) is 42.8 Å². The molecule has 1 aliphatic carbocycles. The summed E-state index contributed by atoms with van der Waals surface area (Å²) in [4.78, 5) is 21.7. The second-order valence-electron chi connectivity index (χ2n) is 4.54. The molecule has 0 saturated carbocycles. The van der Waals surface area contributed by atoms with Crippen molar-refractivity contribution in [3.05, 3.63) is 20.9 Å². The zero-order chi connectivity index (χ0) is 12.9. The predicted molar refractivity (Wildman–Crippen MR) is 73.8 cm³/mol. The third-order valence-corrected chi connectivity index (χ3v) is 4.86. The average Bonchev–Trinajstić information content (AvgIpc) is 2.77. The largest absolute Gasteiger partial charge is 0.300 e. The first-order valence-corrected chi connectivity index (χ1v) is 7.27. The molecule has 0 aliphatic heterocycles. The molecule has 1 aliphatic rings. The first-order valence-electron chi connectivity index (χ1n) is 5.70. The molecule has 0 unspecified atom stereocenters. The van der Waals surface area contributed by atoms with Crippen LogP contribution < -0.4 is 0 Å². The average molecular weight is 301 g/mol. The van der Waals surface area contributed by atoms with E-state index in [1.54, 1.807) is 18.3 Å². The van der Waals surface area contributed by atoms with Crippen LogP contribution in [0.3, 0.4) is 0 Å². The predicted octanol–water partition coefficient (Wildman–Crippen LogP) is 4.01. The van der Waals surface area contributed by atoms with E-state index in [9.17, 15) is 4.79 Å². The number of Topliss-reactive ketones (excluding diaryl/α,β-unsaturated/α-hetero) is 1. The molecule has 0 bridgehead atoms. The van der Waals surface area contributed by atoms with E-state index in [4.69, 9.17) is 23.2 Å². The van der Waals surface area contributed by atoms with Crippen molar-refractivity contribution >= 4 is 50.5 Å². The molecular formula is C12H10Cl2N2OS. The summed E-state index contributed by atoms with van der Waals surface area (Å²) < 4.78 is 0. The molecule has 3 nitrogen and oxygen atoms in total. The summed E-state index contributed by atoms with van der Waals surface area (Å²) in [6.07, 6.45) is 2.57. The molecule has 2 heterocycles. The van der Waals surface area contributed by atoms with Crippen LogP contribution in [0.5, 0.6) is 0 Å². The number of thiophene rings is 1. The number of hydrogen-bond donors (Lipinski definition) is 0. The van der Waals surface area contributed by atoms with Gasteiger partial charge in [0.25, 0.3) is 0 Å². The van der Waals surface area contributed by atoms with Gasteiger partial charge in [-0.2, -0.15) is 0 Å². The highest BCUT2D eigenvalue weighted by atomic mass is 35.5. The highest BCUT2D eigenvalue weighted by molar-refractivity contribution is 7.19. The minimum Gasteiger partial charge on any atom is -0.300 e. The topological polar surface area (TPSA) is 42.9 Å². The van der Waals surface area contributed by atoms with Crippen LogP contribution in [0.15, 0.2) is 0 Å². The maximum atomic E-state index is 11.3. The van der Waals surface area contributed by atoms with Crippen molar-refractivity contribution in [3.63, 3.8) is 0 Å². The Morgan fingerprint density at radius 2 is 2.22 bits per heavy atom. The van der Waals surface area contributed by atoms with Gasteiger partial charge in [0.2, 0.25) is 5.28 Å². The lowest BCUT2D eigenvalue weighted by molar-refractivity contribution is -0.117. The van der Waals surface area contributed by atoms with E-state index < -0.39 is 0 Å². The minimum atomic E-state index is 0.176. The molecule has 0 saturated heterocycles. The van der Waals surface area contributed by atoms with Crippen LogP contribution in [0.1, 0.15) is 36.1 Å². The van der Waals surface area contributed by atoms with E-state index >= 15 is 0 Å². The van der Waals surface area contributed by atoms with Gasteiger partial charge in [-0.25, -0.2) is 9.97 Å². The summed E-state index contributed by atoms with van der Waals surface area (Å²) in [5.74, 6) is 0.465. The van der Waals surface area contributed by atoms with E-state index in [1.165, 1.54) is 10.4 Å². The molecule has 0 fully saturated rings. The fourth-order valence-corrected chi connectivity index (χ4v) is 4.48. The van der Waals surface area contributed by atoms with Crippen LogP contribution in [0, 0.1) is 0 Å². The number of nitrogens with zero attached hydrogens (tertiary/aromatic N) is 2. The zero-order valence-corrected chi connectivity index (χ0v) is 12.0. The highest BCUT2D eigenvalue weighted by Crippen LogP contribution is 2.46. The maximum absolute atomic E-state index is 11.3. The van der Waals surface area contributed by atoms with Gasteiger partial charge in [0.1, 0.15) is 15.8 Å². The van der Waals surface area contributed by atoms with Gasteiger partial charge >= 0.3 is 0 Å². The summed E-state index contributed by atoms with van der Waals surface area (Å²) in [6.45, 7) is 1.63. The third-order valence-electron chi connectivity index (χ3n) is 3.26. The zero-order valence-electron chi connectivity index (χ0n) is 9.67. The van der Waals surface area contributed by atoms with Crippen LogP contribution in [0.25, 0.3) is 10.2 Å². The van der Waals surface area contributed by atoms with E-state index in [2.05, 4.69) is 9.97 Å². The lowest BCUT2D eigenvalue weighted by Crippen LogP contribution is -2.01. The number of halogens is 2. The van der Waals surface area contributed by atoms with Gasteiger partial charge in [0, 0.05) is 11.3 Å². The maximum Gasteiger partial charge on any atom is 0.225 e. The lowest BCUT2D eigenvalue weighted by atomic mass is 9.96. The van der Waals surface area contributed by atoms with Crippen LogP contribution in [-0.2, 0) is 11.2 Å². The molecule has 6 heteroatoms. The fourth-order valence-electron chi connectivity index (χ4n) is 2.62. The Balaban J connectivity index is 2.19. The van der Waals surface area contributed by atoms with Gasteiger partial charge in [-0.15, -0.1) is 11.3 Å². The molecule has 18 heavy (non-hydrogen) atoms. The number of aromatic nitrogens is 2. The smallest absolute Gasteiger partial charge is 0.225 e. The first-order chi connectivity index (χ1) is 8.56. The summed E-state index contributed by atoms with van der Waals surface area (Å²) in [7, 11) is 0. The molecule has 0 spiro atoms. The first kappa shape index (κ1) is 12.3. The number of rotatable bonds is 2. The molecule has 0 N–H and O–H groups in total. The number of hydrogen-bond acceptors (Lipinski definition) is 4. The Morgan fingerprint density at radius 1 is 1.44 bits per heavy atom. The molecule has 94 valence electrons. The molecule has 1 atom stereocenters. The number of ketones is 1. The third kappa shape index (κ3) is 1.92. The van der Waals surface area contributed by atoms with Crippen LogP contribution in [0.2, 0.25) is 10.4 Å². The Kier molecular flexibility index (Phi) is 3.04. The van der Waals surface area contributed by atoms with Crippen molar-refractivity contribution in [2.45, 2.75) is 32.1 Å². The lowest BCUT2D eigenvalue weighted by Gasteiger charge is -2.08. The van der Waals surface area contributed by atoms with Gasteiger partial charge in [-0.3, -0.25) is 0 Å². The second kappa shape index (κ2) is 4.44. The SMILES string of the molecule is CC(=O)C[C@@H]1CCc2sc3nc(Cl)nc(Cl)c3c21. The van der Waals surface area contributed by atoms with E-state index in [-0.39, 0.29) is 17.0 Å². The van der Waals surface area contributed by atoms with Crippen molar-refractivity contribution in [2.24, 2.45) is 0 Å². The number of fused-ring (bicyclic) bond motifs is 3. The van der Waals surface area contributed by atoms with Crippen LogP contribution in [-0.4, -0.2) is 15.8 Å². The molecule has 0 amide bonds. The Labute approximate surface area is 118 Å². The van der Waals surface area contributed by atoms with Crippen molar-refractivity contribution in [1.82, 2.24) is 9.97 Å². The number of carbonyl (C=O) groups is 1. The molecule has 0 aromatic carbocycles. The second-order valence-corrected chi connectivity index (χ2v) is 6.32. The Bertz CT molecular complexity index is 653. The normalized spacial score (nSPS) is 18.3. The van der Waals surface area contributed by atoms with Crippen molar-refractivity contribution < 1.29 is 4.79 Å². The highest BCUT2D eigenvalue weighted by Gasteiger charge is 2.30. The van der Waals surface area contributed by atoms with Crippen LogP contribution in [0.4, 0.5) is 0 Å². The van der Waals surface area contributed by atoms with Crippen LogP contribution >= 0.6 is 34.5 Å². The van der Waals surface area contributed by atoms with Crippen molar-refractivity contribution in [3.8, 4) is 0 Å². The number of aryl methyl sites for hydroxylation is 1. The van der Waals surface area contributed by atoms with Crippen molar-refractivity contribution in [1.29, 1.82) is 0 Å². The minimum absolute atomic E-state index is 0.176. The Morgan fingerprint density at radius 3 is 2.94 bits per heavy atom. The van der Waals surface area contributed by atoms with E-state index in [0.717, 1.165) is 23.1 Å². The van der Waals surface area contributed by atoms with Gasteiger partial charge in [0.05, 0.1) is 5.39 Å². The summed E-state index contributed by atoms with van der Waals surface area (Å²) in [6, 6.07) is 0. The van der Waals surface area contributed by atoms with Gasteiger partial charge < -0.3 is 4.79 Å². The molecule has 2 aromatic rings. The number of carbonyl (C=O) groups excluding carboxylic acids is 1. The van der Waals surface area contributed by atoms with Gasteiger partial charge in [0.15, 0.2) is 0 Å². The summed E-state index contributed by atoms with van der Waals surface area (Å²) >= 11 is 13.6. The van der Waals surface area contributed by atoms with Gasteiger partial charge in [-0.1, -0.05) is 11.6 Å². The Hall–Kier alpha value is -0.710. The monoisotopic (exact) mass is 300 g/mol. The quantitative estimate of drug-likeness (QED) is 0.622. The molecule has 3 rings (SSSR count). The molecular weight excluding hydrogens is 291 g/mol. The standard InChI is InChI=1S/C12H10Cl2N2OS/c1-5(17)4-6-2-3-7-8(6)9-10(13)15-12(14)16-11(9)18-7/h6H,2-4H2,1H3/t6-/m0/s1. The summed E-state index contributed by atoms with van der Waals surface area (Å²) in [5, 5.41) is 1.47. The fraction of sp³-hybridized carbons (Fsp3) is 0.417. The summed E-state index contributed by atoms with van der Waals surface area (Å²) in [5.41, 5.74) is 1.17. The molecule has 0 radical (unpaired) electrons.